The van der Waals surface area contributed by atoms with Gasteiger partial charge < -0.3 is 15.0 Å². The van der Waals surface area contributed by atoms with Crippen molar-refractivity contribution < 1.29 is 27.5 Å². The highest BCUT2D eigenvalue weighted by Gasteiger charge is 2.38. The smallest absolute Gasteiger partial charge is 0.258 e. The molecule has 2 heterocycles. The van der Waals surface area contributed by atoms with Gasteiger partial charge in [-0.1, -0.05) is 24.6 Å². The minimum atomic E-state index is -3.93. The predicted octanol–water partition coefficient (Wildman–Crippen LogP) is 4.15. The second kappa shape index (κ2) is 11.5. The van der Waals surface area contributed by atoms with Crippen LogP contribution in [0.2, 0.25) is 0 Å². The molecule has 2 aliphatic heterocycles. The van der Waals surface area contributed by atoms with Crippen LogP contribution in [0, 0.1) is 0 Å². The highest BCUT2D eigenvalue weighted by atomic mass is 32.2. The minimum absolute atomic E-state index is 0.0609. The molecule has 1 N–H and O–H groups in total. The van der Waals surface area contributed by atoms with Gasteiger partial charge in [-0.3, -0.25) is 14.4 Å². The summed E-state index contributed by atoms with van der Waals surface area (Å²) < 4.78 is 33.7. The standard InChI is InChI=1S/C30H33N3O6S/c1-20(34)31-22-11-13-23(14-12-22)40(37,38)33-17-4-3-9-26(33)28(35)19-21-10-15-27-29-24(21)7-5-8-25(29)30(36)32(27)16-6-18-39-2/h5,7-8,10-15,26H,3-4,6,9,16-19H2,1-2H3,(H,31,34). The van der Waals surface area contributed by atoms with E-state index in [1.54, 1.807) is 24.1 Å². The molecule has 2 amide bonds. The zero-order valence-electron chi connectivity index (χ0n) is 22.7. The number of ketones is 1. The summed E-state index contributed by atoms with van der Waals surface area (Å²) in [4.78, 5) is 40.0. The molecule has 0 saturated carbocycles. The summed E-state index contributed by atoms with van der Waals surface area (Å²) in [7, 11) is -2.30. The van der Waals surface area contributed by atoms with E-state index in [4.69, 9.17) is 4.74 Å². The van der Waals surface area contributed by atoms with Crippen molar-refractivity contribution in [2.75, 3.05) is 37.0 Å². The molecule has 40 heavy (non-hydrogen) atoms. The number of nitrogens with one attached hydrogen (secondary N) is 1. The lowest BCUT2D eigenvalue weighted by Gasteiger charge is -2.34. The number of carbonyl (C=O) groups excluding carboxylic acids is 3. The molecule has 1 saturated heterocycles. The van der Waals surface area contributed by atoms with Gasteiger partial charge in [-0.05, 0) is 66.6 Å². The van der Waals surface area contributed by atoms with Crippen molar-refractivity contribution in [2.24, 2.45) is 0 Å². The second-order valence-corrected chi connectivity index (χ2v) is 12.1. The van der Waals surface area contributed by atoms with Gasteiger partial charge in [0.1, 0.15) is 0 Å². The lowest BCUT2D eigenvalue weighted by molar-refractivity contribution is -0.122. The van der Waals surface area contributed by atoms with Crippen LogP contribution >= 0.6 is 0 Å². The third-order valence-electron chi connectivity index (χ3n) is 7.58. The van der Waals surface area contributed by atoms with Gasteiger partial charge in [0.2, 0.25) is 15.9 Å². The highest BCUT2D eigenvalue weighted by Crippen LogP contribution is 2.39. The van der Waals surface area contributed by atoms with Crippen molar-refractivity contribution in [3.8, 4) is 0 Å². The molecule has 3 aromatic carbocycles. The molecule has 0 bridgehead atoms. The molecule has 1 unspecified atom stereocenters. The summed E-state index contributed by atoms with van der Waals surface area (Å²) in [6.45, 7) is 2.74. The second-order valence-electron chi connectivity index (χ2n) is 10.3. The monoisotopic (exact) mass is 563 g/mol. The van der Waals surface area contributed by atoms with Crippen molar-refractivity contribution in [2.45, 2.75) is 50.0 Å². The first-order chi connectivity index (χ1) is 19.2. The zero-order valence-corrected chi connectivity index (χ0v) is 23.5. The Morgan fingerprint density at radius 1 is 1.05 bits per heavy atom. The normalized spacial score (nSPS) is 17.4. The number of methoxy groups -OCH3 is 1. The first-order valence-corrected chi connectivity index (χ1v) is 14.9. The van der Waals surface area contributed by atoms with Crippen LogP contribution in [0.5, 0.6) is 0 Å². The lowest BCUT2D eigenvalue weighted by atomic mass is 9.93. The summed E-state index contributed by atoms with van der Waals surface area (Å²) in [6.07, 6.45) is 2.67. The first-order valence-electron chi connectivity index (χ1n) is 13.5. The van der Waals surface area contributed by atoms with Crippen molar-refractivity contribution >= 4 is 49.8 Å². The molecule has 10 heteroatoms. The molecule has 9 nitrogen and oxygen atoms in total. The Kier molecular flexibility index (Phi) is 8.02. The van der Waals surface area contributed by atoms with E-state index in [9.17, 15) is 22.8 Å². The first kappa shape index (κ1) is 27.9. The Morgan fingerprint density at radius 3 is 2.55 bits per heavy atom. The number of benzene rings is 3. The zero-order chi connectivity index (χ0) is 28.4. The minimum Gasteiger partial charge on any atom is -0.385 e. The number of hydrogen-bond donors (Lipinski definition) is 1. The molecular formula is C30H33N3O6S. The van der Waals surface area contributed by atoms with Gasteiger partial charge in [0.25, 0.3) is 5.91 Å². The summed E-state index contributed by atoms with van der Waals surface area (Å²) in [6, 6.07) is 14.5. The van der Waals surface area contributed by atoms with Gasteiger partial charge >= 0.3 is 0 Å². The van der Waals surface area contributed by atoms with Crippen molar-refractivity contribution in [3.63, 3.8) is 0 Å². The molecule has 0 radical (unpaired) electrons. The van der Waals surface area contributed by atoms with Crippen LogP contribution in [0.15, 0.2) is 59.5 Å². The molecule has 0 aromatic heterocycles. The molecule has 3 aromatic rings. The van der Waals surface area contributed by atoms with Crippen LogP contribution in [0.1, 0.15) is 48.5 Å². The van der Waals surface area contributed by atoms with E-state index in [1.165, 1.54) is 23.4 Å². The van der Waals surface area contributed by atoms with Crippen molar-refractivity contribution in [1.82, 2.24) is 4.31 Å². The Hall–Kier alpha value is -3.60. The Bertz CT molecular complexity index is 1570. The van der Waals surface area contributed by atoms with Gasteiger partial charge in [-0.2, -0.15) is 4.31 Å². The van der Waals surface area contributed by atoms with Crippen LogP contribution in [0.25, 0.3) is 10.8 Å². The topological polar surface area (TPSA) is 113 Å². The number of sulfonamides is 1. The SMILES string of the molecule is COCCCN1C(=O)c2cccc3c(CC(=O)C4CCCCN4S(=O)(=O)c4ccc(NC(C)=O)cc4)ccc1c23. The van der Waals surface area contributed by atoms with E-state index >= 15 is 0 Å². The van der Waals surface area contributed by atoms with Gasteiger partial charge in [0.05, 0.1) is 16.6 Å². The van der Waals surface area contributed by atoms with E-state index in [2.05, 4.69) is 5.32 Å². The molecule has 0 spiro atoms. The fourth-order valence-electron chi connectivity index (χ4n) is 5.72. The number of anilines is 2. The number of piperidine rings is 1. The lowest BCUT2D eigenvalue weighted by Crippen LogP contribution is -2.48. The van der Waals surface area contributed by atoms with Crippen LogP contribution in [0.3, 0.4) is 0 Å². The van der Waals surface area contributed by atoms with E-state index in [1.807, 2.05) is 30.3 Å². The van der Waals surface area contributed by atoms with Gasteiger partial charge in [0, 0.05) is 56.8 Å². The summed E-state index contributed by atoms with van der Waals surface area (Å²) in [5.74, 6) is -0.474. The number of carbonyl (C=O) groups is 3. The van der Waals surface area contributed by atoms with Gasteiger partial charge in [-0.15, -0.1) is 0 Å². The molecule has 0 aliphatic carbocycles. The predicted molar refractivity (Wildman–Crippen MR) is 153 cm³/mol. The van der Waals surface area contributed by atoms with Gasteiger partial charge in [-0.25, -0.2) is 8.42 Å². The number of hydrogen-bond acceptors (Lipinski definition) is 6. The average molecular weight is 564 g/mol. The Morgan fingerprint density at radius 2 is 1.82 bits per heavy atom. The van der Waals surface area contributed by atoms with Crippen LogP contribution in [-0.2, 0) is 30.8 Å². The van der Waals surface area contributed by atoms with Gasteiger partial charge in [0.15, 0.2) is 5.78 Å². The van der Waals surface area contributed by atoms with Crippen molar-refractivity contribution in [3.05, 3.63) is 65.7 Å². The fourth-order valence-corrected chi connectivity index (χ4v) is 7.40. The molecule has 5 rings (SSSR count). The van der Waals surface area contributed by atoms with E-state index in [0.717, 1.165) is 28.4 Å². The maximum absolute atomic E-state index is 13.7. The fraction of sp³-hybridized carbons (Fsp3) is 0.367. The number of rotatable bonds is 10. The van der Waals surface area contributed by atoms with E-state index in [-0.39, 0.29) is 35.5 Å². The maximum atomic E-state index is 13.7. The summed E-state index contributed by atoms with van der Waals surface area (Å²) in [5.41, 5.74) is 2.72. The Balaban J connectivity index is 1.40. The molecule has 2 aliphatic rings. The maximum Gasteiger partial charge on any atom is 0.258 e. The van der Waals surface area contributed by atoms with E-state index in [0.29, 0.717) is 43.7 Å². The molecular weight excluding hydrogens is 530 g/mol. The highest BCUT2D eigenvalue weighted by molar-refractivity contribution is 7.89. The summed E-state index contributed by atoms with van der Waals surface area (Å²) in [5, 5.41) is 4.30. The Labute approximate surface area is 234 Å². The average Bonchev–Trinajstić information content (AvgIpc) is 3.22. The number of Topliss-reactive ketones (excluding diaryl/α,β-unsaturated/α-hetero) is 1. The third-order valence-corrected chi connectivity index (χ3v) is 9.50. The van der Waals surface area contributed by atoms with Crippen LogP contribution in [0.4, 0.5) is 11.4 Å². The number of ether oxygens (including phenoxy) is 1. The molecule has 1 atom stereocenters. The van der Waals surface area contributed by atoms with E-state index < -0.39 is 16.1 Å². The number of nitrogens with zero attached hydrogens (tertiary/aromatic N) is 2. The molecule has 1 fully saturated rings. The largest absolute Gasteiger partial charge is 0.385 e. The van der Waals surface area contributed by atoms with Crippen molar-refractivity contribution in [1.29, 1.82) is 0 Å². The quantitative estimate of drug-likeness (QED) is 0.371. The molecule has 210 valence electrons. The number of amides is 2. The van der Waals surface area contributed by atoms with Crippen LogP contribution < -0.4 is 10.2 Å². The van der Waals surface area contributed by atoms with Crippen LogP contribution in [-0.4, -0.2) is 63.2 Å². The third kappa shape index (κ3) is 5.26. The summed E-state index contributed by atoms with van der Waals surface area (Å²) >= 11 is 0.